The van der Waals surface area contributed by atoms with Gasteiger partial charge in [-0.2, -0.15) is 0 Å². The Labute approximate surface area is 72.5 Å². The molecule has 1 heterocycles. The number of carbonyl (C=O) groups is 1. The lowest BCUT2D eigenvalue weighted by atomic mass is 10.5. The minimum atomic E-state index is -0.745. The fraction of sp³-hybridized carbons (Fsp3) is 0.875. The third kappa shape index (κ3) is 9.39. The van der Waals surface area contributed by atoms with Crippen LogP contribution in [0.1, 0.15) is 20.3 Å². The third-order valence-corrected chi connectivity index (χ3v) is 1.21. The number of epoxide rings is 1. The van der Waals surface area contributed by atoms with Crippen LogP contribution in [0.5, 0.6) is 0 Å². The van der Waals surface area contributed by atoms with Crippen molar-refractivity contribution < 1.29 is 19.4 Å². The summed E-state index contributed by atoms with van der Waals surface area (Å²) in [5, 5.41) is 7.72. The molecular formula is C8H16O4. The van der Waals surface area contributed by atoms with Crippen molar-refractivity contribution in [2.45, 2.75) is 26.4 Å². The van der Waals surface area contributed by atoms with Gasteiger partial charge in [-0.05, 0) is 6.92 Å². The predicted octanol–water partition coefficient (Wildman–Crippen LogP) is 0.903. The van der Waals surface area contributed by atoms with Gasteiger partial charge in [0.05, 0.1) is 13.2 Å². The standard InChI is InChI=1S/C5H10O2.C3H6O2/c1-2-6-3-5-4-7-5;1-2-3(4)5/h5H,2-4H2,1H3;2H2,1H3,(H,4,5). The number of carboxylic acids is 1. The molecule has 0 saturated carbocycles. The zero-order chi connectivity index (χ0) is 9.40. The van der Waals surface area contributed by atoms with Crippen LogP contribution in [0.25, 0.3) is 0 Å². The number of hydrogen-bond acceptors (Lipinski definition) is 3. The fourth-order valence-corrected chi connectivity index (χ4v) is 0.414. The summed E-state index contributed by atoms with van der Waals surface area (Å²) in [6, 6.07) is 0. The summed E-state index contributed by atoms with van der Waals surface area (Å²) in [6.07, 6.45) is 0.653. The van der Waals surface area contributed by atoms with Crippen LogP contribution in [0.15, 0.2) is 0 Å². The highest BCUT2D eigenvalue weighted by Gasteiger charge is 2.21. The lowest BCUT2D eigenvalue weighted by molar-refractivity contribution is -0.136. The number of aliphatic carboxylic acids is 1. The molecule has 0 aromatic rings. The highest BCUT2D eigenvalue weighted by Crippen LogP contribution is 2.07. The van der Waals surface area contributed by atoms with Crippen LogP contribution in [0.4, 0.5) is 0 Å². The highest BCUT2D eigenvalue weighted by atomic mass is 16.6. The van der Waals surface area contributed by atoms with Crippen LogP contribution in [0, 0.1) is 0 Å². The molecule has 1 unspecified atom stereocenters. The van der Waals surface area contributed by atoms with Gasteiger partial charge in [0.25, 0.3) is 0 Å². The van der Waals surface area contributed by atoms with Gasteiger partial charge in [-0.15, -0.1) is 0 Å². The van der Waals surface area contributed by atoms with Gasteiger partial charge >= 0.3 is 5.97 Å². The van der Waals surface area contributed by atoms with Crippen molar-refractivity contribution in [3.05, 3.63) is 0 Å². The summed E-state index contributed by atoms with van der Waals surface area (Å²) < 4.78 is 9.92. The van der Waals surface area contributed by atoms with E-state index in [0.29, 0.717) is 6.10 Å². The predicted molar refractivity (Wildman–Crippen MR) is 44.2 cm³/mol. The Morgan fingerprint density at radius 1 is 1.67 bits per heavy atom. The number of rotatable bonds is 4. The van der Waals surface area contributed by atoms with Crippen LogP contribution < -0.4 is 0 Å². The van der Waals surface area contributed by atoms with Crippen molar-refractivity contribution in [2.75, 3.05) is 19.8 Å². The Hall–Kier alpha value is -0.610. The first-order valence-electron chi connectivity index (χ1n) is 4.11. The molecule has 0 spiro atoms. The molecule has 0 bridgehead atoms. The Kier molecular flexibility index (Phi) is 6.70. The summed E-state index contributed by atoms with van der Waals surface area (Å²) in [4.78, 5) is 9.37. The molecule has 1 saturated heterocycles. The molecule has 1 aliphatic rings. The van der Waals surface area contributed by atoms with Gasteiger partial charge in [-0.3, -0.25) is 4.79 Å². The van der Waals surface area contributed by atoms with Gasteiger partial charge in [-0.1, -0.05) is 6.92 Å². The average Bonchev–Trinajstić information content (AvgIpc) is 2.85. The molecule has 0 aromatic heterocycles. The molecule has 1 fully saturated rings. The van der Waals surface area contributed by atoms with Crippen LogP contribution in [-0.2, 0) is 14.3 Å². The maximum Gasteiger partial charge on any atom is 0.303 e. The molecule has 0 aliphatic carbocycles. The third-order valence-electron chi connectivity index (χ3n) is 1.21. The van der Waals surface area contributed by atoms with Crippen LogP contribution in [-0.4, -0.2) is 37.0 Å². The summed E-state index contributed by atoms with van der Waals surface area (Å²) in [7, 11) is 0. The van der Waals surface area contributed by atoms with Crippen molar-refractivity contribution in [2.24, 2.45) is 0 Å². The van der Waals surface area contributed by atoms with Gasteiger partial charge in [0, 0.05) is 13.0 Å². The Balaban J connectivity index is 0.000000217. The normalized spacial score (nSPS) is 19.3. The van der Waals surface area contributed by atoms with Gasteiger partial charge in [0.2, 0.25) is 0 Å². The minimum absolute atomic E-state index is 0.222. The molecule has 1 rings (SSSR count). The van der Waals surface area contributed by atoms with Crippen molar-refractivity contribution in [3.63, 3.8) is 0 Å². The first-order valence-corrected chi connectivity index (χ1v) is 4.11. The largest absolute Gasteiger partial charge is 0.481 e. The minimum Gasteiger partial charge on any atom is -0.481 e. The Morgan fingerprint density at radius 3 is 2.42 bits per heavy atom. The zero-order valence-electron chi connectivity index (χ0n) is 7.58. The second kappa shape index (κ2) is 7.06. The molecule has 0 radical (unpaired) electrons. The van der Waals surface area contributed by atoms with E-state index < -0.39 is 5.97 Å². The van der Waals surface area contributed by atoms with E-state index in [0.717, 1.165) is 19.8 Å². The average molecular weight is 176 g/mol. The zero-order valence-corrected chi connectivity index (χ0v) is 7.58. The van der Waals surface area contributed by atoms with Crippen molar-refractivity contribution in [1.82, 2.24) is 0 Å². The van der Waals surface area contributed by atoms with E-state index in [4.69, 9.17) is 14.6 Å². The highest BCUT2D eigenvalue weighted by molar-refractivity contribution is 5.66. The Morgan fingerprint density at radius 2 is 2.17 bits per heavy atom. The van der Waals surface area contributed by atoms with Gasteiger partial charge in [-0.25, -0.2) is 0 Å². The van der Waals surface area contributed by atoms with Gasteiger partial charge in [0.1, 0.15) is 6.10 Å². The summed E-state index contributed by atoms with van der Waals surface area (Å²) >= 11 is 0. The first kappa shape index (κ1) is 11.4. The van der Waals surface area contributed by atoms with Crippen molar-refractivity contribution in [3.8, 4) is 0 Å². The van der Waals surface area contributed by atoms with Crippen molar-refractivity contribution in [1.29, 1.82) is 0 Å². The molecule has 1 aliphatic heterocycles. The molecular weight excluding hydrogens is 160 g/mol. The van der Waals surface area contributed by atoms with Crippen molar-refractivity contribution >= 4 is 5.97 Å². The van der Waals surface area contributed by atoms with Gasteiger partial charge < -0.3 is 14.6 Å². The molecule has 1 N–H and O–H groups in total. The molecule has 1 atom stereocenters. The maximum absolute atomic E-state index is 9.37. The fourth-order valence-electron chi connectivity index (χ4n) is 0.414. The first-order chi connectivity index (χ1) is 5.70. The van der Waals surface area contributed by atoms with Gasteiger partial charge in [0.15, 0.2) is 0 Å². The lowest BCUT2D eigenvalue weighted by Gasteiger charge is -1.91. The topological polar surface area (TPSA) is 59.1 Å². The van der Waals surface area contributed by atoms with E-state index in [-0.39, 0.29) is 6.42 Å². The molecule has 4 heteroatoms. The van der Waals surface area contributed by atoms with E-state index >= 15 is 0 Å². The second-order valence-electron chi connectivity index (χ2n) is 2.36. The van der Waals surface area contributed by atoms with E-state index in [1.807, 2.05) is 6.92 Å². The molecule has 0 aromatic carbocycles. The van der Waals surface area contributed by atoms with E-state index in [1.165, 1.54) is 0 Å². The molecule has 0 amide bonds. The SMILES string of the molecule is CCC(=O)O.CCOCC1CO1. The summed E-state index contributed by atoms with van der Waals surface area (Å²) in [5.74, 6) is -0.745. The van der Waals surface area contributed by atoms with Crippen LogP contribution in [0.2, 0.25) is 0 Å². The number of hydrogen-bond donors (Lipinski definition) is 1. The lowest BCUT2D eigenvalue weighted by Crippen LogP contribution is -1.99. The maximum atomic E-state index is 9.37. The number of carboxylic acid groups (broad SMARTS) is 1. The quantitative estimate of drug-likeness (QED) is 0.646. The monoisotopic (exact) mass is 176 g/mol. The summed E-state index contributed by atoms with van der Waals surface area (Å²) in [6.45, 7) is 6.08. The number of ether oxygens (including phenoxy) is 2. The molecule has 4 nitrogen and oxygen atoms in total. The smallest absolute Gasteiger partial charge is 0.303 e. The second-order valence-corrected chi connectivity index (χ2v) is 2.36. The van der Waals surface area contributed by atoms with Crippen LogP contribution in [0.3, 0.4) is 0 Å². The Bertz CT molecular complexity index is 120. The van der Waals surface area contributed by atoms with E-state index in [2.05, 4.69) is 0 Å². The van der Waals surface area contributed by atoms with Crippen LogP contribution >= 0.6 is 0 Å². The molecule has 72 valence electrons. The van der Waals surface area contributed by atoms with E-state index in [1.54, 1.807) is 6.92 Å². The molecule has 12 heavy (non-hydrogen) atoms. The summed E-state index contributed by atoms with van der Waals surface area (Å²) in [5.41, 5.74) is 0. The van der Waals surface area contributed by atoms with E-state index in [9.17, 15) is 4.79 Å².